The zero-order valence-corrected chi connectivity index (χ0v) is 13.0. The Morgan fingerprint density at radius 3 is 2.43 bits per heavy atom. The van der Waals surface area contributed by atoms with Crippen molar-refractivity contribution >= 4 is 11.9 Å². The highest BCUT2D eigenvalue weighted by Crippen LogP contribution is 2.12. The number of aliphatic carboxylic acids is 1. The van der Waals surface area contributed by atoms with Crippen LogP contribution in [0.4, 0.5) is 0 Å². The first-order chi connectivity index (χ1) is 10.8. The Bertz CT molecular complexity index is 520. The Morgan fingerprint density at radius 1 is 1.30 bits per heavy atom. The molecule has 8 nitrogen and oxygen atoms in total. The number of carbonyl (C=O) groups excluding carboxylic acids is 1. The molecule has 1 aromatic carbocycles. The SMILES string of the molecule is CN(OC(=O)[C@@H](N)Cc1ccc(O)cc1)[C@@H](CCCN)C(=O)O. The summed E-state index contributed by atoms with van der Waals surface area (Å²) in [5, 5.41) is 19.4. The molecule has 0 saturated heterocycles. The van der Waals surface area contributed by atoms with Crippen molar-refractivity contribution in [3.8, 4) is 5.75 Å². The first-order valence-corrected chi connectivity index (χ1v) is 7.26. The molecule has 0 spiro atoms. The molecule has 0 aliphatic rings. The van der Waals surface area contributed by atoms with E-state index in [4.69, 9.17) is 21.4 Å². The lowest BCUT2D eigenvalue weighted by Crippen LogP contribution is -2.44. The molecule has 0 unspecified atom stereocenters. The molecule has 0 bridgehead atoms. The number of hydrogen-bond donors (Lipinski definition) is 4. The van der Waals surface area contributed by atoms with Gasteiger partial charge in [-0.05, 0) is 43.5 Å². The minimum Gasteiger partial charge on any atom is -0.508 e. The fraction of sp³-hybridized carbons (Fsp3) is 0.467. The Hall–Kier alpha value is -2.16. The molecule has 2 atom stereocenters. The Morgan fingerprint density at radius 2 is 1.91 bits per heavy atom. The van der Waals surface area contributed by atoms with Gasteiger partial charge in [0.25, 0.3) is 0 Å². The number of phenolic OH excluding ortho intramolecular Hbond substituents is 1. The van der Waals surface area contributed by atoms with Gasteiger partial charge in [-0.25, -0.2) is 4.79 Å². The number of hydroxylamine groups is 2. The van der Waals surface area contributed by atoms with Crippen LogP contribution in [-0.2, 0) is 20.8 Å². The summed E-state index contributed by atoms with van der Waals surface area (Å²) in [7, 11) is 1.38. The Kier molecular flexibility index (Phi) is 7.46. The van der Waals surface area contributed by atoms with Gasteiger partial charge in [-0.3, -0.25) is 4.79 Å². The lowest BCUT2D eigenvalue weighted by atomic mass is 10.1. The van der Waals surface area contributed by atoms with Crippen LogP contribution in [0.25, 0.3) is 0 Å². The van der Waals surface area contributed by atoms with Crippen LogP contribution >= 0.6 is 0 Å². The number of carbonyl (C=O) groups is 2. The molecule has 23 heavy (non-hydrogen) atoms. The van der Waals surface area contributed by atoms with Crippen LogP contribution in [-0.4, -0.2) is 52.9 Å². The maximum atomic E-state index is 12.0. The number of rotatable bonds is 9. The van der Waals surface area contributed by atoms with E-state index in [1.165, 1.54) is 19.2 Å². The minimum atomic E-state index is -1.10. The number of nitrogens with zero attached hydrogens (tertiary/aromatic N) is 1. The smallest absolute Gasteiger partial charge is 0.342 e. The standard InChI is InChI=1S/C15H23N3O5/c1-18(13(14(20)21)3-2-8-16)23-15(22)12(17)9-10-4-6-11(19)7-5-10/h4-7,12-13,19H,2-3,8-9,16-17H2,1H3,(H,20,21)/t12-,13-/m0/s1. The van der Waals surface area contributed by atoms with E-state index in [-0.39, 0.29) is 18.6 Å². The highest BCUT2D eigenvalue weighted by molar-refractivity contribution is 5.77. The van der Waals surface area contributed by atoms with Gasteiger partial charge < -0.3 is 26.5 Å². The van der Waals surface area contributed by atoms with Gasteiger partial charge in [0.15, 0.2) is 0 Å². The maximum Gasteiger partial charge on any atom is 0.342 e. The monoisotopic (exact) mass is 325 g/mol. The summed E-state index contributed by atoms with van der Waals surface area (Å²) in [5.74, 6) is -1.70. The Labute approximate surface area is 134 Å². The zero-order valence-electron chi connectivity index (χ0n) is 13.0. The third kappa shape index (κ3) is 6.23. The minimum absolute atomic E-state index is 0.119. The Balaban J connectivity index is 2.58. The molecular weight excluding hydrogens is 302 g/mol. The van der Waals surface area contributed by atoms with E-state index < -0.39 is 24.0 Å². The fourth-order valence-electron chi connectivity index (χ4n) is 2.01. The largest absolute Gasteiger partial charge is 0.508 e. The number of benzene rings is 1. The number of carboxylic acids is 1. The summed E-state index contributed by atoms with van der Waals surface area (Å²) in [6.07, 6.45) is 0.981. The van der Waals surface area contributed by atoms with Crippen molar-refractivity contribution in [2.24, 2.45) is 11.5 Å². The van der Waals surface area contributed by atoms with Crippen molar-refractivity contribution in [3.05, 3.63) is 29.8 Å². The van der Waals surface area contributed by atoms with Crippen molar-refractivity contribution in [3.63, 3.8) is 0 Å². The second kappa shape index (κ2) is 9.09. The van der Waals surface area contributed by atoms with Crippen molar-refractivity contribution in [1.29, 1.82) is 0 Å². The molecule has 0 heterocycles. The predicted octanol–water partition coefficient (Wildman–Crippen LogP) is -0.156. The van der Waals surface area contributed by atoms with Gasteiger partial charge in [-0.2, -0.15) is 0 Å². The van der Waals surface area contributed by atoms with Crippen LogP contribution in [0.15, 0.2) is 24.3 Å². The number of nitrogens with two attached hydrogens (primary N) is 2. The number of carboxylic acid groups (broad SMARTS) is 1. The molecule has 0 fully saturated rings. The second-order valence-corrected chi connectivity index (χ2v) is 5.22. The second-order valence-electron chi connectivity index (χ2n) is 5.22. The zero-order chi connectivity index (χ0) is 17.4. The van der Waals surface area contributed by atoms with E-state index >= 15 is 0 Å². The number of aromatic hydroxyl groups is 1. The third-order valence-electron chi connectivity index (χ3n) is 3.33. The number of likely N-dealkylation sites (N-methyl/N-ethyl adjacent to an activating group) is 1. The van der Waals surface area contributed by atoms with E-state index in [1.54, 1.807) is 12.1 Å². The van der Waals surface area contributed by atoms with Gasteiger partial charge in [-0.15, -0.1) is 5.06 Å². The number of phenols is 1. The summed E-state index contributed by atoms with van der Waals surface area (Å²) in [6.45, 7) is 0.353. The van der Waals surface area contributed by atoms with E-state index in [0.717, 1.165) is 10.6 Å². The summed E-state index contributed by atoms with van der Waals surface area (Å²) < 4.78 is 0. The molecule has 0 aliphatic heterocycles. The lowest BCUT2D eigenvalue weighted by molar-refractivity contribution is -0.201. The van der Waals surface area contributed by atoms with E-state index in [1.807, 2.05) is 0 Å². The summed E-state index contributed by atoms with van der Waals surface area (Å²) in [4.78, 5) is 28.2. The molecule has 128 valence electrons. The summed E-state index contributed by atoms with van der Waals surface area (Å²) in [5.41, 5.74) is 11.9. The van der Waals surface area contributed by atoms with Gasteiger partial charge >= 0.3 is 11.9 Å². The molecule has 0 radical (unpaired) electrons. The fourth-order valence-corrected chi connectivity index (χ4v) is 2.01. The van der Waals surface area contributed by atoms with Crippen molar-refractivity contribution in [2.75, 3.05) is 13.6 Å². The molecule has 8 heteroatoms. The van der Waals surface area contributed by atoms with Crippen LogP contribution < -0.4 is 11.5 Å². The first-order valence-electron chi connectivity index (χ1n) is 7.26. The van der Waals surface area contributed by atoms with Crippen molar-refractivity contribution < 1.29 is 24.6 Å². The van der Waals surface area contributed by atoms with E-state index in [0.29, 0.717) is 13.0 Å². The highest BCUT2D eigenvalue weighted by atomic mass is 16.7. The molecule has 6 N–H and O–H groups in total. The van der Waals surface area contributed by atoms with Crippen molar-refractivity contribution in [2.45, 2.75) is 31.3 Å². The molecule has 1 rings (SSSR count). The summed E-state index contributed by atoms with van der Waals surface area (Å²) in [6, 6.07) is 4.37. The highest BCUT2D eigenvalue weighted by Gasteiger charge is 2.27. The topological polar surface area (TPSA) is 139 Å². The van der Waals surface area contributed by atoms with Crippen LogP contribution in [0.5, 0.6) is 5.75 Å². The lowest BCUT2D eigenvalue weighted by Gasteiger charge is -2.24. The average Bonchev–Trinajstić information content (AvgIpc) is 2.49. The van der Waals surface area contributed by atoms with Gasteiger partial charge in [0.1, 0.15) is 17.8 Å². The molecule has 0 aromatic heterocycles. The quantitative estimate of drug-likeness (QED) is 0.459. The summed E-state index contributed by atoms with van der Waals surface area (Å²) >= 11 is 0. The maximum absolute atomic E-state index is 12.0. The molecule has 0 aliphatic carbocycles. The van der Waals surface area contributed by atoms with E-state index in [9.17, 15) is 14.7 Å². The molecule has 1 aromatic rings. The van der Waals surface area contributed by atoms with Gasteiger partial charge in [0.05, 0.1) is 0 Å². The van der Waals surface area contributed by atoms with Gasteiger partial charge in [0, 0.05) is 7.05 Å². The normalized spacial score (nSPS) is 13.6. The van der Waals surface area contributed by atoms with Gasteiger partial charge in [-0.1, -0.05) is 12.1 Å². The van der Waals surface area contributed by atoms with Crippen LogP contribution in [0.3, 0.4) is 0 Å². The number of hydrogen-bond acceptors (Lipinski definition) is 7. The van der Waals surface area contributed by atoms with Crippen LogP contribution in [0, 0.1) is 0 Å². The average molecular weight is 325 g/mol. The van der Waals surface area contributed by atoms with E-state index in [2.05, 4.69) is 0 Å². The predicted molar refractivity (Wildman–Crippen MR) is 83.4 cm³/mol. The van der Waals surface area contributed by atoms with Crippen LogP contribution in [0.2, 0.25) is 0 Å². The van der Waals surface area contributed by atoms with Gasteiger partial charge in [0.2, 0.25) is 0 Å². The molecule has 0 amide bonds. The van der Waals surface area contributed by atoms with Crippen LogP contribution in [0.1, 0.15) is 18.4 Å². The first kappa shape index (κ1) is 18.9. The molecule has 0 saturated carbocycles. The molecular formula is C15H23N3O5. The third-order valence-corrected chi connectivity index (χ3v) is 3.33. The van der Waals surface area contributed by atoms with Crippen molar-refractivity contribution in [1.82, 2.24) is 5.06 Å².